The largest absolute Gasteiger partial charge is 0.361 e. The van der Waals surface area contributed by atoms with Crippen LogP contribution in [0.25, 0.3) is 17.0 Å². The van der Waals surface area contributed by atoms with Crippen LogP contribution in [0.2, 0.25) is 0 Å². The van der Waals surface area contributed by atoms with E-state index in [1.807, 2.05) is 12.1 Å². The molecule has 156 valence electrons. The van der Waals surface area contributed by atoms with Crippen LogP contribution in [0.15, 0.2) is 66.9 Å². The van der Waals surface area contributed by atoms with Crippen molar-refractivity contribution in [1.29, 1.82) is 0 Å². The smallest absolute Gasteiger partial charge is 0.275 e. The Morgan fingerprint density at radius 1 is 0.967 bits per heavy atom. The lowest BCUT2D eigenvalue weighted by Crippen LogP contribution is -3.28. The SMILES string of the molecule is O=C(C[NH+]1CC[NH+](C/C=C/c2ccccc2)CC1)NCCc1c[nH]c2ccccc12. The maximum atomic E-state index is 12.4. The van der Waals surface area contributed by atoms with Crippen LogP contribution in [0.5, 0.6) is 0 Å². The van der Waals surface area contributed by atoms with Crippen LogP contribution in [0.1, 0.15) is 11.1 Å². The summed E-state index contributed by atoms with van der Waals surface area (Å²) in [5.41, 5.74) is 3.67. The molecule has 1 amide bonds. The molecule has 30 heavy (non-hydrogen) atoms. The third-order valence-corrected chi connectivity index (χ3v) is 5.98. The number of nitrogens with one attached hydrogen (secondary N) is 4. The number of hydrogen-bond acceptors (Lipinski definition) is 1. The molecule has 4 rings (SSSR count). The van der Waals surface area contributed by atoms with Crippen molar-refractivity contribution in [1.82, 2.24) is 10.3 Å². The normalized spacial score (nSPS) is 19.3. The molecule has 2 aromatic carbocycles. The second-order valence-corrected chi connectivity index (χ2v) is 8.15. The van der Waals surface area contributed by atoms with E-state index in [1.165, 1.54) is 21.4 Å². The van der Waals surface area contributed by atoms with Gasteiger partial charge in [-0.1, -0.05) is 54.6 Å². The van der Waals surface area contributed by atoms with Crippen LogP contribution in [0.3, 0.4) is 0 Å². The van der Waals surface area contributed by atoms with E-state index in [0.29, 0.717) is 13.1 Å². The van der Waals surface area contributed by atoms with Gasteiger partial charge in [-0.3, -0.25) is 4.79 Å². The number of piperazine rings is 1. The van der Waals surface area contributed by atoms with Crippen molar-refractivity contribution in [2.75, 3.05) is 45.8 Å². The van der Waals surface area contributed by atoms with Crippen LogP contribution in [0, 0.1) is 0 Å². The quantitative estimate of drug-likeness (QED) is 0.430. The number of rotatable bonds is 8. The molecule has 0 saturated carbocycles. The molecule has 5 heteroatoms. The summed E-state index contributed by atoms with van der Waals surface area (Å²) in [6.45, 7) is 6.69. The van der Waals surface area contributed by atoms with Crippen LogP contribution in [0.4, 0.5) is 0 Å². The van der Waals surface area contributed by atoms with Gasteiger partial charge < -0.3 is 20.1 Å². The topological polar surface area (TPSA) is 53.8 Å². The van der Waals surface area contributed by atoms with Gasteiger partial charge in [0.1, 0.15) is 26.2 Å². The Hall–Kier alpha value is -2.89. The predicted octanol–water partition coefficient (Wildman–Crippen LogP) is 0.323. The minimum atomic E-state index is 0.164. The average molecular weight is 405 g/mol. The van der Waals surface area contributed by atoms with E-state index in [1.54, 1.807) is 4.90 Å². The van der Waals surface area contributed by atoms with Crippen molar-refractivity contribution in [3.8, 4) is 0 Å². The first-order chi connectivity index (χ1) is 14.8. The van der Waals surface area contributed by atoms with Gasteiger partial charge in [0.2, 0.25) is 0 Å². The molecule has 4 N–H and O–H groups in total. The highest BCUT2D eigenvalue weighted by atomic mass is 16.2. The summed E-state index contributed by atoms with van der Waals surface area (Å²) >= 11 is 0. The monoisotopic (exact) mass is 404 g/mol. The lowest BCUT2D eigenvalue weighted by atomic mass is 10.1. The number of benzene rings is 2. The van der Waals surface area contributed by atoms with Gasteiger partial charge in [-0.05, 0) is 29.7 Å². The Bertz CT molecular complexity index is 971. The molecule has 0 radical (unpaired) electrons. The summed E-state index contributed by atoms with van der Waals surface area (Å²) in [5, 5.41) is 4.35. The van der Waals surface area contributed by atoms with Crippen molar-refractivity contribution < 1.29 is 14.6 Å². The number of quaternary nitrogens is 2. The maximum Gasteiger partial charge on any atom is 0.275 e. The van der Waals surface area contributed by atoms with Gasteiger partial charge in [-0.15, -0.1) is 0 Å². The van der Waals surface area contributed by atoms with Crippen molar-refractivity contribution in [2.24, 2.45) is 0 Å². The molecule has 3 aromatic rings. The number of H-pyrrole nitrogens is 1. The molecule has 1 fully saturated rings. The minimum Gasteiger partial charge on any atom is -0.361 e. The number of carbonyl (C=O) groups excluding carboxylic acids is 1. The molecule has 1 aromatic heterocycles. The highest BCUT2D eigenvalue weighted by Crippen LogP contribution is 2.17. The van der Waals surface area contributed by atoms with Gasteiger partial charge in [-0.25, -0.2) is 0 Å². The summed E-state index contributed by atoms with van der Waals surface area (Å²) in [6, 6.07) is 18.7. The first-order valence-corrected chi connectivity index (χ1v) is 11.0. The van der Waals surface area contributed by atoms with Crippen molar-refractivity contribution in [3.63, 3.8) is 0 Å². The average Bonchev–Trinajstić information content (AvgIpc) is 3.19. The third-order valence-electron chi connectivity index (χ3n) is 5.98. The minimum absolute atomic E-state index is 0.164. The van der Waals surface area contributed by atoms with E-state index in [-0.39, 0.29) is 5.91 Å². The summed E-state index contributed by atoms with van der Waals surface area (Å²) in [6.07, 6.45) is 7.38. The molecular weight excluding hydrogens is 372 g/mol. The van der Waals surface area contributed by atoms with Gasteiger partial charge in [0.05, 0.1) is 6.54 Å². The fraction of sp³-hybridized carbons (Fsp3) is 0.320. The molecule has 2 heterocycles. The molecular formula is C25H32N4O+2. The lowest BCUT2D eigenvalue weighted by Gasteiger charge is -2.28. The van der Waals surface area contributed by atoms with Crippen LogP contribution < -0.4 is 15.1 Å². The standard InChI is InChI=1S/C25H30N4O/c30-25(26-13-12-22-19-27-24-11-5-4-10-23(22)24)20-29-17-15-28(16-18-29)14-6-9-21-7-2-1-3-8-21/h1-11,19,27H,12-18,20H2,(H,26,30)/p+2/b9-6+. The number of aromatic nitrogens is 1. The Morgan fingerprint density at radius 3 is 2.53 bits per heavy atom. The number of para-hydroxylation sites is 1. The zero-order chi connectivity index (χ0) is 20.6. The van der Waals surface area contributed by atoms with Crippen molar-refractivity contribution >= 4 is 22.9 Å². The second kappa shape index (κ2) is 10.2. The van der Waals surface area contributed by atoms with Crippen LogP contribution in [-0.4, -0.2) is 56.7 Å². The third kappa shape index (κ3) is 5.59. The van der Waals surface area contributed by atoms with Gasteiger partial charge in [0.25, 0.3) is 5.91 Å². The molecule has 0 bridgehead atoms. The van der Waals surface area contributed by atoms with Crippen LogP contribution >= 0.6 is 0 Å². The van der Waals surface area contributed by atoms with E-state index >= 15 is 0 Å². The number of fused-ring (bicyclic) bond motifs is 1. The van der Waals surface area contributed by atoms with Gasteiger partial charge in [0, 0.05) is 23.6 Å². The summed E-state index contributed by atoms with van der Waals surface area (Å²) < 4.78 is 0. The lowest BCUT2D eigenvalue weighted by molar-refractivity contribution is -1.01. The van der Waals surface area contributed by atoms with E-state index in [9.17, 15) is 4.79 Å². The van der Waals surface area contributed by atoms with Gasteiger partial charge in [-0.2, -0.15) is 0 Å². The molecule has 0 unspecified atom stereocenters. The highest BCUT2D eigenvalue weighted by Gasteiger charge is 2.23. The van der Waals surface area contributed by atoms with E-state index in [0.717, 1.165) is 44.7 Å². The fourth-order valence-corrected chi connectivity index (χ4v) is 4.23. The Morgan fingerprint density at radius 2 is 1.70 bits per heavy atom. The van der Waals surface area contributed by atoms with Crippen molar-refractivity contribution in [3.05, 3.63) is 78.0 Å². The first kappa shape index (κ1) is 20.4. The molecule has 1 aliphatic rings. The van der Waals surface area contributed by atoms with Gasteiger partial charge >= 0.3 is 0 Å². The summed E-state index contributed by atoms with van der Waals surface area (Å²) in [7, 11) is 0. The number of hydrogen-bond donors (Lipinski definition) is 4. The van der Waals surface area contributed by atoms with E-state index < -0.39 is 0 Å². The molecule has 0 spiro atoms. The molecule has 0 aliphatic carbocycles. The van der Waals surface area contributed by atoms with Crippen LogP contribution in [-0.2, 0) is 11.2 Å². The Balaban J connectivity index is 1.13. The summed E-state index contributed by atoms with van der Waals surface area (Å²) in [4.78, 5) is 18.7. The van der Waals surface area contributed by atoms with E-state index in [4.69, 9.17) is 0 Å². The molecule has 0 atom stereocenters. The Kier molecular flexibility index (Phi) is 6.95. The molecule has 1 aliphatic heterocycles. The molecule has 1 saturated heterocycles. The Labute approximate surface area is 178 Å². The zero-order valence-electron chi connectivity index (χ0n) is 17.5. The second-order valence-electron chi connectivity index (χ2n) is 8.15. The maximum absolute atomic E-state index is 12.4. The predicted molar refractivity (Wildman–Crippen MR) is 122 cm³/mol. The van der Waals surface area contributed by atoms with E-state index in [2.05, 4.69) is 71.1 Å². The first-order valence-electron chi connectivity index (χ1n) is 11.0. The number of amides is 1. The summed E-state index contributed by atoms with van der Waals surface area (Å²) in [5.74, 6) is 0.164. The fourth-order valence-electron chi connectivity index (χ4n) is 4.23. The van der Waals surface area contributed by atoms with Crippen molar-refractivity contribution in [2.45, 2.75) is 6.42 Å². The molecule has 5 nitrogen and oxygen atoms in total. The number of carbonyl (C=O) groups is 1. The van der Waals surface area contributed by atoms with Gasteiger partial charge in [0.15, 0.2) is 6.54 Å². The zero-order valence-corrected chi connectivity index (χ0v) is 17.5. The number of aromatic amines is 1. The highest BCUT2D eigenvalue weighted by molar-refractivity contribution is 5.83.